The average molecular weight is 213 g/mol. The Kier molecular flexibility index (Phi) is 10.9. The van der Waals surface area contributed by atoms with Gasteiger partial charge >= 0.3 is 0 Å². The van der Waals surface area contributed by atoms with Gasteiger partial charge in [0.05, 0.1) is 0 Å². The number of carbonyl (C=O) groups excluding carboxylic acids is 1. The summed E-state index contributed by atoms with van der Waals surface area (Å²) in [5, 5.41) is 0. The van der Waals surface area contributed by atoms with Crippen LogP contribution in [0.1, 0.15) is 58.3 Å². The minimum absolute atomic E-state index is 0.279. The molecule has 3 heteroatoms. The van der Waals surface area contributed by atoms with E-state index in [1.165, 1.54) is 44.6 Å². The second kappa shape index (κ2) is 11.4. The van der Waals surface area contributed by atoms with E-state index < -0.39 is 0 Å². The molecular formula is C12H23NO2. The van der Waals surface area contributed by atoms with Gasteiger partial charge in [0.25, 0.3) is 0 Å². The second-order valence-electron chi connectivity index (χ2n) is 3.82. The van der Waals surface area contributed by atoms with Crippen molar-refractivity contribution in [1.29, 1.82) is 0 Å². The summed E-state index contributed by atoms with van der Waals surface area (Å²) in [6.07, 6.45) is 11.0. The lowest BCUT2D eigenvalue weighted by Crippen LogP contribution is -2.06. The average Bonchev–Trinajstić information content (AvgIpc) is 2.26. The molecule has 0 rings (SSSR count). The molecule has 0 spiro atoms. The molecule has 0 aliphatic rings. The Morgan fingerprint density at radius 3 is 2.27 bits per heavy atom. The third-order valence-corrected chi connectivity index (χ3v) is 2.52. The molecule has 3 nitrogen and oxygen atoms in total. The van der Waals surface area contributed by atoms with Crippen LogP contribution in [-0.4, -0.2) is 19.4 Å². The number of rotatable bonds is 10. The maximum Gasteiger partial charge on any atom is 0.237 e. The normalized spacial score (nSPS) is 12.1. The molecule has 88 valence electrons. The number of isocyanates is 1. The van der Waals surface area contributed by atoms with E-state index in [4.69, 9.17) is 4.74 Å². The van der Waals surface area contributed by atoms with Gasteiger partial charge in [-0.3, -0.25) is 0 Å². The lowest BCUT2D eigenvalue weighted by atomic mass is 10.1. The Balaban J connectivity index is 3.25. The summed E-state index contributed by atoms with van der Waals surface area (Å²) in [6.45, 7) is 2.22. The van der Waals surface area contributed by atoms with Crippen LogP contribution in [0.3, 0.4) is 0 Å². The van der Waals surface area contributed by atoms with Gasteiger partial charge in [0.1, 0.15) is 0 Å². The Hall–Kier alpha value is -0.660. The van der Waals surface area contributed by atoms with Gasteiger partial charge in [0.15, 0.2) is 6.23 Å². The zero-order valence-electron chi connectivity index (χ0n) is 10.00. The van der Waals surface area contributed by atoms with Crippen molar-refractivity contribution in [2.24, 2.45) is 4.99 Å². The highest BCUT2D eigenvalue weighted by molar-refractivity contribution is 5.33. The van der Waals surface area contributed by atoms with Crippen LogP contribution in [0, 0.1) is 0 Å². The van der Waals surface area contributed by atoms with Crippen molar-refractivity contribution in [1.82, 2.24) is 0 Å². The van der Waals surface area contributed by atoms with Crippen LogP contribution in [0.2, 0.25) is 0 Å². The lowest BCUT2D eigenvalue weighted by molar-refractivity contribution is 0.100. The van der Waals surface area contributed by atoms with Crippen molar-refractivity contribution in [3.05, 3.63) is 0 Å². The molecule has 0 aromatic rings. The Morgan fingerprint density at radius 1 is 1.13 bits per heavy atom. The fraction of sp³-hybridized carbons (Fsp3) is 0.917. The highest BCUT2D eigenvalue weighted by atomic mass is 16.5. The van der Waals surface area contributed by atoms with Crippen molar-refractivity contribution in [2.45, 2.75) is 64.5 Å². The maximum absolute atomic E-state index is 10.0. The zero-order valence-corrected chi connectivity index (χ0v) is 10.00. The molecule has 1 unspecified atom stereocenters. The molecular weight excluding hydrogens is 190 g/mol. The van der Waals surface area contributed by atoms with Gasteiger partial charge in [-0.2, -0.15) is 4.99 Å². The van der Waals surface area contributed by atoms with Gasteiger partial charge in [-0.1, -0.05) is 45.4 Å². The molecule has 0 aliphatic carbocycles. The van der Waals surface area contributed by atoms with Crippen LogP contribution in [0.4, 0.5) is 0 Å². The molecule has 0 N–H and O–H groups in total. The predicted molar refractivity (Wildman–Crippen MR) is 61.5 cm³/mol. The summed E-state index contributed by atoms with van der Waals surface area (Å²) >= 11 is 0. The summed E-state index contributed by atoms with van der Waals surface area (Å²) in [4.78, 5) is 13.6. The standard InChI is InChI=1S/C12H23NO2/c1-3-4-5-6-7-8-9-10-12(15-2)13-11-14/h12H,3-10H2,1-2H3. The molecule has 0 fully saturated rings. The second-order valence-corrected chi connectivity index (χ2v) is 3.82. The van der Waals surface area contributed by atoms with E-state index in [2.05, 4.69) is 11.9 Å². The van der Waals surface area contributed by atoms with Crippen LogP contribution in [0.25, 0.3) is 0 Å². The minimum atomic E-state index is -0.279. The molecule has 0 bridgehead atoms. The predicted octanol–water partition coefficient (Wildman–Crippen LogP) is 3.44. The molecule has 0 amide bonds. The van der Waals surface area contributed by atoms with Crippen molar-refractivity contribution in [3.8, 4) is 0 Å². The fourth-order valence-corrected chi connectivity index (χ4v) is 1.57. The number of aliphatic imine (C=N–C) groups is 1. The van der Waals surface area contributed by atoms with Crippen LogP contribution < -0.4 is 0 Å². The Morgan fingerprint density at radius 2 is 1.73 bits per heavy atom. The van der Waals surface area contributed by atoms with Crippen molar-refractivity contribution >= 4 is 6.08 Å². The van der Waals surface area contributed by atoms with Crippen LogP contribution in [0.5, 0.6) is 0 Å². The summed E-state index contributed by atoms with van der Waals surface area (Å²) in [7, 11) is 1.58. The van der Waals surface area contributed by atoms with E-state index in [1.54, 1.807) is 7.11 Å². The highest BCUT2D eigenvalue weighted by Crippen LogP contribution is 2.11. The van der Waals surface area contributed by atoms with E-state index in [-0.39, 0.29) is 6.23 Å². The van der Waals surface area contributed by atoms with Crippen molar-refractivity contribution < 1.29 is 9.53 Å². The molecule has 0 aromatic carbocycles. The number of nitrogens with zero attached hydrogens (tertiary/aromatic N) is 1. The van der Waals surface area contributed by atoms with Gasteiger partial charge in [-0.05, 0) is 12.8 Å². The number of methoxy groups -OCH3 is 1. The summed E-state index contributed by atoms with van der Waals surface area (Å²) in [5.74, 6) is 0. The van der Waals surface area contributed by atoms with Gasteiger partial charge in [0, 0.05) is 7.11 Å². The van der Waals surface area contributed by atoms with Gasteiger partial charge in [0.2, 0.25) is 6.08 Å². The third-order valence-electron chi connectivity index (χ3n) is 2.52. The zero-order chi connectivity index (χ0) is 11.4. The third kappa shape index (κ3) is 9.64. The molecule has 1 atom stereocenters. The SMILES string of the molecule is CCCCCCCCCC(N=C=O)OC. The summed E-state index contributed by atoms with van der Waals surface area (Å²) in [6, 6.07) is 0. The first-order valence-electron chi connectivity index (χ1n) is 5.95. The van der Waals surface area contributed by atoms with E-state index in [1.807, 2.05) is 0 Å². The van der Waals surface area contributed by atoms with E-state index in [0.717, 1.165) is 12.8 Å². The summed E-state index contributed by atoms with van der Waals surface area (Å²) in [5.41, 5.74) is 0. The lowest BCUT2D eigenvalue weighted by Gasteiger charge is -2.07. The molecule has 0 radical (unpaired) electrons. The van der Waals surface area contributed by atoms with Crippen LogP contribution in [-0.2, 0) is 9.53 Å². The molecule has 15 heavy (non-hydrogen) atoms. The topological polar surface area (TPSA) is 38.7 Å². The minimum Gasteiger partial charge on any atom is -0.359 e. The molecule has 0 saturated carbocycles. The van der Waals surface area contributed by atoms with Crippen LogP contribution in [0.15, 0.2) is 4.99 Å². The highest BCUT2D eigenvalue weighted by Gasteiger charge is 2.03. The quantitative estimate of drug-likeness (QED) is 0.317. The monoisotopic (exact) mass is 213 g/mol. The summed E-state index contributed by atoms with van der Waals surface area (Å²) < 4.78 is 5.01. The number of unbranched alkanes of at least 4 members (excludes halogenated alkanes) is 6. The number of hydrogen-bond acceptors (Lipinski definition) is 3. The smallest absolute Gasteiger partial charge is 0.237 e. The van der Waals surface area contributed by atoms with E-state index >= 15 is 0 Å². The Bertz CT molecular complexity index is 176. The molecule has 0 heterocycles. The van der Waals surface area contributed by atoms with E-state index in [0.29, 0.717) is 0 Å². The first-order valence-corrected chi connectivity index (χ1v) is 5.95. The molecule has 0 aromatic heterocycles. The number of ether oxygens (including phenoxy) is 1. The maximum atomic E-state index is 10.0. The fourth-order valence-electron chi connectivity index (χ4n) is 1.57. The van der Waals surface area contributed by atoms with Crippen molar-refractivity contribution in [3.63, 3.8) is 0 Å². The van der Waals surface area contributed by atoms with Crippen molar-refractivity contribution in [2.75, 3.05) is 7.11 Å². The first-order chi connectivity index (χ1) is 7.35. The number of hydrogen-bond donors (Lipinski definition) is 0. The van der Waals surface area contributed by atoms with Gasteiger partial charge < -0.3 is 4.74 Å². The molecule has 0 aliphatic heterocycles. The van der Waals surface area contributed by atoms with Gasteiger partial charge in [-0.25, -0.2) is 4.79 Å². The van der Waals surface area contributed by atoms with Gasteiger partial charge in [-0.15, -0.1) is 0 Å². The first kappa shape index (κ1) is 14.3. The Labute approximate surface area is 92.9 Å². The molecule has 0 saturated heterocycles. The van der Waals surface area contributed by atoms with E-state index in [9.17, 15) is 4.79 Å². The largest absolute Gasteiger partial charge is 0.359 e. The van der Waals surface area contributed by atoms with Crippen LogP contribution >= 0.6 is 0 Å².